The van der Waals surface area contributed by atoms with E-state index >= 15 is 0 Å². The van der Waals surface area contributed by atoms with E-state index in [1.807, 2.05) is 0 Å². The van der Waals surface area contributed by atoms with Gasteiger partial charge in [-0.3, -0.25) is 9.78 Å². The summed E-state index contributed by atoms with van der Waals surface area (Å²) in [5, 5.41) is 2.68. The van der Waals surface area contributed by atoms with Crippen LogP contribution in [0.5, 0.6) is 0 Å². The molecule has 7 heteroatoms. The topological polar surface area (TPSA) is 68.3 Å². The van der Waals surface area contributed by atoms with Gasteiger partial charge in [0, 0.05) is 21.3 Å². The van der Waals surface area contributed by atoms with Crippen molar-refractivity contribution in [2.45, 2.75) is 0 Å². The van der Waals surface area contributed by atoms with Crippen LogP contribution in [0.1, 0.15) is 20.7 Å². The monoisotopic (exact) mass is 412 g/mol. The van der Waals surface area contributed by atoms with Gasteiger partial charge in [0.05, 0.1) is 23.9 Å². The minimum absolute atomic E-state index is 0.267. The molecule has 0 spiro atoms. The van der Waals surface area contributed by atoms with Gasteiger partial charge in [0.1, 0.15) is 0 Å². The van der Waals surface area contributed by atoms with Crippen LogP contribution in [0.15, 0.2) is 45.6 Å². The smallest absolute Gasteiger partial charge is 0.340 e. The molecular weight excluding hydrogens is 404 g/mol. The van der Waals surface area contributed by atoms with Crippen molar-refractivity contribution in [2.24, 2.45) is 0 Å². The third-order valence-electron chi connectivity index (χ3n) is 2.60. The third kappa shape index (κ3) is 3.89. The first-order valence-corrected chi connectivity index (χ1v) is 7.39. The first-order valence-electron chi connectivity index (χ1n) is 5.81. The Morgan fingerprint density at radius 1 is 1.14 bits per heavy atom. The number of amides is 1. The molecule has 2 aromatic rings. The molecule has 0 aliphatic heterocycles. The summed E-state index contributed by atoms with van der Waals surface area (Å²) in [4.78, 5) is 27.9. The summed E-state index contributed by atoms with van der Waals surface area (Å²) >= 11 is 6.53. The van der Waals surface area contributed by atoms with E-state index < -0.39 is 5.97 Å². The van der Waals surface area contributed by atoms with Gasteiger partial charge in [0.2, 0.25) is 0 Å². The van der Waals surface area contributed by atoms with Crippen LogP contribution in [-0.2, 0) is 4.74 Å². The molecule has 1 amide bonds. The molecular formula is C14H10Br2N2O3. The van der Waals surface area contributed by atoms with E-state index in [2.05, 4.69) is 42.2 Å². The summed E-state index contributed by atoms with van der Waals surface area (Å²) in [7, 11) is 1.28. The maximum atomic E-state index is 12.2. The lowest BCUT2D eigenvalue weighted by atomic mass is 10.1. The molecule has 108 valence electrons. The van der Waals surface area contributed by atoms with Gasteiger partial charge < -0.3 is 10.1 Å². The maximum absolute atomic E-state index is 12.2. The molecule has 1 heterocycles. The zero-order chi connectivity index (χ0) is 15.4. The largest absolute Gasteiger partial charge is 0.465 e. The molecule has 0 aliphatic rings. The van der Waals surface area contributed by atoms with Crippen molar-refractivity contribution in [1.29, 1.82) is 0 Å². The molecule has 21 heavy (non-hydrogen) atoms. The zero-order valence-electron chi connectivity index (χ0n) is 10.9. The van der Waals surface area contributed by atoms with E-state index in [1.165, 1.54) is 13.3 Å². The fraction of sp³-hybridized carbons (Fsp3) is 0.0714. The molecule has 0 fully saturated rings. The van der Waals surface area contributed by atoms with Crippen LogP contribution in [0.4, 0.5) is 5.69 Å². The number of anilines is 1. The fourth-order valence-corrected chi connectivity index (χ4v) is 2.36. The number of nitrogens with one attached hydrogen (secondary N) is 1. The van der Waals surface area contributed by atoms with Crippen LogP contribution in [0.25, 0.3) is 0 Å². The van der Waals surface area contributed by atoms with Gasteiger partial charge >= 0.3 is 5.97 Å². The highest BCUT2D eigenvalue weighted by Crippen LogP contribution is 2.22. The van der Waals surface area contributed by atoms with Crippen molar-refractivity contribution in [3.05, 3.63) is 56.7 Å². The second kappa shape index (κ2) is 6.82. The number of carbonyl (C=O) groups is 2. The Kier molecular flexibility index (Phi) is 5.08. The van der Waals surface area contributed by atoms with E-state index in [9.17, 15) is 9.59 Å². The molecule has 1 aromatic carbocycles. The van der Waals surface area contributed by atoms with Crippen LogP contribution < -0.4 is 5.32 Å². The number of methoxy groups -OCH3 is 1. The minimum atomic E-state index is -0.529. The molecule has 5 nitrogen and oxygen atoms in total. The Morgan fingerprint density at radius 2 is 1.90 bits per heavy atom. The highest BCUT2D eigenvalue weighted by Gasteiger charge is 2.15. The van der Waals surface area contributed by atoms with Crippen molar-refractivity contribution < 1.29 is 14.3 Å². The number of pyridine rings is 1. The van der Waals surface area contributed by atoms with Crippen LogP contribution in [0, 0.1) is 0 Å². The Hall–Kier alpha value is -1.73. The molecule has 0 saturated carbocycles. The van der Waals surface area contributed by atoms with Crippen molar-refractivity contribution in [2.75, 3.05) is 12.4 Å². The number of carbonyl (C=O) groups excluding carboxylic acids is 2. The van der Waals surface area contributed by atoms with Gasteiger partial charge in [0.25, 0.3) is 5.91 Å². The van der Waals surface area contributed by atoms with Crippen LogP contribution in [0.2, 0.25) is 0 Å². The third-order valence-corrected chi connectivity index (χ3v) is 3.53. The number of nitrogens with zero attached hydrogens (tertiary/aromatic N) is 1. The normalized spacial score (nSPS) is 10.0. The average molecular weight is 414 g/mol. The summed E-state index contributed by atoms with van der Waals surface area (Å²) in [5.74, 6) is -0.893. The van der Waals surface area contributed by atoms with Gasteiger partial charge in [-0.05, 0) is 40.2 Å². The molecule has 0 radical (unpaired) electrons. The lowest BCUT2D eigenvalue weighted by molar-refractivity contribution is 0.0602. The van der Waals surface area contributed by atoms with E-state index in [1.54, 1.807) is 30.5 Å². The highest BCUT2D eigenvalue weighted by molar-refractivity contribution is 9.10. The summed E-state index contributed by atoms with van der Waals surface area (Å²) in [6.07, 6.45) is 3.02. The molecule has 1 aromatic heterocycles. The Bertz CT molecular complexity index is 704. The Morgan fingerprint density at radius 3 is 2.57 bits per heavy atom. The maximum Gasteiger partial charge on any atom is 0.340 e. The van der Waals surface area contributed by atoms with Gasteiger partial charge in [-0.15, -0.1) is 0 Å². The summed E-state index contributed by atoms with van der Waals surface area (Å²) in [5.41, 5.74) is 1.02. The summed E-state index contributed by atoms with van der Waals surface area (Å²) in [6, 6.07) is 6.57. The molecule has 0 bridgehead atoms. The standard InChI is InChI=1S/C14H10Br2N2O3/c1-21-14(20)11-5-9(15)2-3-12(11)18-13(19)8-4-10(16)7-17-6-8/h2-7H,1H3,(H,18,19). The number of hydrogen-bond acceptors (Lipinski definition) is 4. The molecule has 0 aliphatic carbocycles. The first kappa shape index (κ1) is 15.7. The fourth-order valence-electron chi connectivity index (χ4n) is 1.63. The predicted octanol–water partition coefficient (Wildman–Crippen LogP) is 3.65. The van der Waals surface area contributed by atoms with E-state index in [0.717, 1.165) is 0 Å². The molecule has 0 unspecified atom stereocenters. The molecule has 0 saturated heterocycles. The number of benzene rings is 1. The highest BCUT2D eigenvalue weighted by atomic mass is 79.9. The lowest BCUT2D eigenvalue weighted by Crippen LogP contribution is -2.15. The van der Waals surface area contributed by atoms with Crippen LogP contribution in [0.3, 0.4) is 0 Å². The second-order valence-electron chi connectivity index (χ2n) is 4.03. The van der Waals surface area contributed by atoms with Crippen LogP contribution in [-0.4, -0.2) is 24.0 Å². The second-order valence-corrected chi connectivity index (χ2v) is 5.86. The zero-order valence-corrected chi connectivity index (χ0v) is 14.1. The Labute approximate surface area is 138 Å². The van der Waals surface area contributed by atoms with Crippen molar-refractivity contribution in [1.82, 2.24) is 4.98 Å². The lowest BCUT2D eigenvalue weighted by Gasteiger charge is -2.10. The SMILES string of the molecule is COC(=O)c1cc(Br)ccc1NC(=O)c1cncc(Br)c1. The van der Waals surface area contributed by atoms with Crippen molar-refractivity contribution >= 4 is 49.4 Å². The molecule has 1 N–H and O–H groups in total. The number of rotatable bonds is 3. The quantitative estimate of drug-likeness (QED) is 0.780. The number of aromatic nitrogens is 1. The van der Waals surface area contributed by atoms with Crippen molar-refractivity contribution in [3.8, 4) is 0 Å². The van der Waals surface area contributed by atoms with E-state index in [0.29, 0.717) is 20.2 Å². The summed E-state index contributed by atoms with van der Waals surface area (Å²) < 4.78 is 6.11. The molecule has 0 atom stereocenters. The summed E-state index contributed by atoms with van der Waals surface area (Å²) in [6.45, 7) is 0. The Balaban J connectivity index is 2.31. The average Bonchev–Trinajstić information content (AvgIpc) is 2.48. The van der Waals surface area contributed by atoms with Crippen molar-refractivity contribution in [3.63, 3.8) is 0 Å². The minimum Gasteiger partial charge on any atom is -0.465 e. The number of halogens is 2. The van der Waals surface area contributed by atoms with Gasteiger partial charge in [-0.1, -0.05) is 15.9 Å². The number of hydrogen-bond donors (Lipinski definition) is 1. The van der Waals surface area contributed by atoms with Crippen LogP contribution >= 0.6 is 31.9 Å². The van der Waals surface area contributed by atoms with Gasteiger partial charge in [0.15, 0.2) is 0 Å². The van der Waals surface area contributed by atoms with E-state index in [-0.39, 0.29) is 11.5 Å². The van der Waals surface area contributed by atoms with Gasteiger partial charge in [-0.2, -0.15) is 0 Å². The first-order chi connectivity index (χ1) is 10.0. The van der Waals surface area contributed by atoms with E-state index in [4.69, 9.17) is 4.74 Å². The molecule has 2 rings (SSSR count). The predicted molar refractivity (Wildman–Crippen MR) is 85.4 cm³/mol. The van der Waals surface area contributed by atoms with Gasteiger partial charge in [-0.25, -0.2) is 4.79 Å². The number of esters is 1. The number of ether oxygens (including phenoxy) is 1.